The number of hydrogen-bond acceptors (Lipinski definition) is 0. The summed E-state index contributed by atoms with van der Waals surface area (Å²) in [4.78, 5) is 0. The molecule has 0 unspecified atom stereocenters. The predicted molar refractivity (Wildman–Crippen MR) is 28.8 cm³/mol. The minimum absolute atomic E-state index is 0. The van der Waals surface area contributed by atoms with Crippen molar-refractivity contribution in [1.82, 2.24) is 0 Å². The second kappa shape index (κ2) is 41.4. The first-order chi connectivity index (χ1) is 1.41. The second-order valence-electron chi connectivity index (χ2n) is 0.354. The fourth-order valence-corrected chi connectivity index (χ4v) is 0. The van der Waals surface area contributed by atoms with Crippen molar-refractivity contribution in [2.24, 2.45) is 0 Å². The monoisotopic (exact) mass is 252 g/mol. The van der Waals surface area contributed by atoms with Gasteiger partial charge >= 0.3 is 0 Å². The maximum absolute atomic E-state index is 3.38. The molecule has 0 rings (SSSR count). The van der Waals surface area contributed by atoms with Crippen molar-refractivity contribution in [3.8, 4) is 0 Å². The minimum atomic E-state index is 0. The Morgan fingerprint density at radius 2 is 0.857 bits per heavy atom. The molecule has 0 saturated heterocycles. The molecule has 0 aromatic heterocycles. The van der Waals surface area contributed by atoms with Crippen LogP contribution in [0, 0.1) is 13.8 Å². The Labute approximate surface area is 99.0 Å². The zero-order valence-electron chi connectivity index (χ0n) is 3.28. The third kappa shape index (κ3) is 64.9. The van der Waals surface area contributed by atoms with Crippen molar-refractivity contribution in [2.45, 2.75) is 21.3 Å². The molecule has 0 nitrogen and oxygen atoms in total. The smallest absolute Gasteiger partial charge is 0 e. The summed E-state index contributed by atoms with van der Waals surface area (Å²) in [6.45, 7) is 6.75. The van der Waals surface area contributed by atoms with Crippen molar-refractivity contribution in [1.29, 1.82) is 0 Å². The molecule has 7 heavy (non-hydrogen) atoms. The summed E-state index contributed by atoms with van der Waals surface area (Å²) < 4.78 is 0. The molecule has 0 aliphatic rings. The predicted octanol–water partition coefficient (Wildman–Crippen LogP) is 2.31. The van der Waals surface area contributed by atoms with Crippen LogP contribution in [0.15, 0.2) is 0 Å². The Morgan fingerprint density at radius 3 is 0.857 bits per heavy atom. The van der Waals surface area contributed by atoms with E-state index in [2.05, 4.69) is 13.8 Å². The fraction of sp³-hybridized carbons (Fsp3) is 0.600. The first kappa shape index (κ1) is 35.0. The summed E-state index contributed by atoms with van der Waals surface area (Å²) in [6.07, 6.45) is 0.750. The van der Waals surface area contributed by atoms with E-state index in [9.17, 15) is 0 Å². The quantitative estimate of drug-likeness (QED) is 0.580. The Balaban J connectivity index is -0.00000000333. The van der Waals surface area contributed by atoms with Crippen LogP contribution in [-0.2, 0) is 65.4 Å². The van der Waals surface area contributed by atoms with Gasteiger partial charge in [-0.25, -0.2) is 0 Å². The van der Waals surface area contributed by atoms with Crippen LogP contribution >= 0.6 is 0 Å². The third-order valence-corrected chi connectivity index (χ3v) is 0. The van der Waals surface area contributed by atoms with E-state index in [1.165, 1.54) is 0 Å². The average Bonchev–Trinajstić information content (AvgIpc) is 0.918. The molecule has 0 aromatic carbocycles. The largest absolute Gasteiger partial charge is 0.372 e. The zero-order valence-corrected chi connectivity index (χ0v) is 8.95. The SMILES string of the molecule is C.C.[CH2-]C[CH2-].[Y].[Y]. The van der Waals surface area contributed by atoms with Crippen molar-refractivity contribution in [2.75, 3.05) is 0 Å². The van der Waals surface area contributed by atoms with E-state index in [4.69, 9.17) is 0 Å². The van der Waals surface area contributed by atoms with E-state index in [0.717, 1.165) is 6.42 Å². The average molecular weight is 252 g/mol. The van der Waals surface area contributed by atoms with Gasteiger partial charge in [0.1, 0.15) is 0 Å². The number of rotatable bonds is 0. The van der Waals surface area contributed by atoms with E-state index in [1.54, 1.807) is 0 Å². The first-order valence-electron chi connectivity index (χ1n) is 1.000. The van der Waals surface area contributed by atoms with Gasteiger partial charge in [-0.15, -0.1) is 0 Å². The van der Waals surface area contributed by atoms with Gasteiger partial charge in [-0.1, -0.05) is 14.9 Å². The van der Waals surface area contributed by atoms with E-state index in [1.807, 2.05) is 0 Å². The zero-order chi connectivity index (χ0) is 2.71. The van der Waals surface area contributed by atoms with Gasteiger partial charge < -0.3 is 20.3 Å². The van der Waals surface area contributed by atoms with E-state index >= 15 is 0 Å². The molecule has 0 atom stereocenters. The van der Waals surface area contributed by atoms with Crippen LogP contribution < -0.4 is 0 Å². The van der Waals surface area contributed by atoms with E-state index in [-0.39, 0.29) is 80.3 Å². The molecule has 0 aliphatic heterocycles. The Kier molecular flexibility index (Phi) is 207. The standard InChI is InChI=1S/C3H6.2CH4.2Y/c1-3-2;;;;/h1-3H2;2*1H4;;/q-2;;;;. The Morgan fingerprint density at radius 1 is 0.857 bits per heavy atom. The molecule has 2 heteroatoms. The molecular weight excluding hydrogens is 238 g/mol. The summed E-state index contributed by atoms with van der Waals surface area (Å²) in [5.41, 5.74) is 0. The summed E-state index contributed by atoms with van der Waals surface area (Å²) in [7, 11) is 0. The van der Waals surface area contributed by atoms with Crippen LogP contribution in [0.4, 0.5) is 0 Å². The molecule has 42 valence electrons. The summed E-state index contributed by atoms with van der Waals surface area (Å²) in [5.74, 6) is 0. The van der Waals surface area contributed by atoms with Crippen molar-refractivity contribution in [3.63, 3.8) is 0 Å². The molecule has 0 saturated carbocycles. The molecule has 0 amide bonds. The first-order valence-corrected chi connectivity index (χ1v) is 1.000. The normalized spacial score (nSPS) is 2.57. The fourth-order valence-electron chi connectivity index (χ4n) is 0. The van der Waals surface area contributed by atoms with Crippen molar-refractivity contribution >= 4 is 0 Å². The van der Waals surface area contributed by atoms with Gasteiger partial charge in [-0.2, -0.15) is 0 Å². The topological polar surface area (TPSA) is 0 Å². The van der Waals surface area contributed by atoms with E-state index in [0.29, 0.717) is 0 Å². The van der Waals surface area contributed by atoms with Gasteiger partial charge in [0.2, 0.25) is 0 Å². The van der Waals surface area contributed by atoms with Crippen LogP contribution in [-0.4, -0.2) is 0 Å². The summed E-state index contributed by atoms with van der Waals surface area (Å²) in [5, 5.41) is 0. The van der Waals surface area contributed by atoms with Crippen LogP contribution in [0.2, 0.25) is 0 Å². The molecule has 0 N–H and O–H groups in total. The minimum Gasteiger partial charge on any atom is -0.372 e. The second-order valence-corrected chi connectivity index (χ2v) is 0.354. The van der Waals surface area contributed by atoms with Crippen LogP contribution in [0.5, 0.6) is 0 Å². The van der Waals surface area contributed by atoms with Crippen LogP contribution in [0.1, 0.15) is 21.3 Å². The molecule has 0 aromatic rings. The summed E-state index contributed by atoms with van der Waals surface area (Å²) >= 11 is 0. The van der Waals surface area contributed by atoms with Gasteiger partial charge in [-0.05, 0) is 0 Å². The Bertz CT molecular complexity index is 6.04. The molecular formula is C5H14Y2-2. The Hall–Kier alpha value is 2.21. The maximum Gasteiger partial charge on any atom is 0 e. The van der Waals surface area contributed by atoms with E-state index < -0.39 is 0 Å². The molecule has 0 bridgehead atoms. The van der Waals surface area contributed by atoms with Crippen LogP contribution in [0.3, 0.4) is 0 Å². The van der Waals surface area contributed by atoms with Crippen LogP contribution in [0.25, 0.3) is 0 Å². The molecule has 0 spiro atoms. The van der Waals surface area contributed by atoms with Crippen molar-refractivity contribution in [3.05, 3.63) is 13.8 Å². The molecule has 0 fully saturated rings. The molecule has 0 aliphatic carbocycles. The number of hydrogen-bond donors (Lipinski definition) is 0. The van der Waals surface area contributed by atoms with Crippen molar-refractivity contribution < 1.29 is 65.4 Å². The summed E-state index contributed by atoms with van der Waals surface area (Å²) in [6, 6.07) is 0. The van der Waals surface area contributed by atoms with Gasteiger partial charge in [0, 0.05) is 65.4 Å². The van der Waals surface area contributed by atoms with Gasteiger partial charge in [0.05, 0.1) is 0 Å². The maximum atomic E-state index is 3.38. The molecule has 0 heterocycles. The third-order valence-electron chi connectivity index (χ3n) is 0. The van der Waals surface area contributed by atoms with Gasteiger partial charge in [0.25, 0.3) is 0 Å². The van der Waals surface area contributed by atoms with Gasteiger partial charge in [0.15, 0.2) is 0 Å². The molecule has 2 radical (unpaired) electrons. The van der Waals surface area contributed by atoms with Gasteiger partial charge in [-0.3, -0.25) is 0 Å².